The second kappa shape index (κ2) is 4.82. The molecule has 2 aromatic rings. The minimum Gasteiger partial charge on any atom is -0.367 e. The predicted molar refractivity (Wildman–Crippen MR) is 77.5 cm³/mol. The Labute approximate surface area is 114 Å². The SMILES string of the molecule is Cc1cc(N2C[C@H](C)O[C@@H](C)C2)[nH+]c2ccccc12. The molecule has 0 radical (unpaired) electrons. The van der Waals surface area contributed by atoms with Crippen LogP contribution in [0.2, 0.25) is 0 Å². The number of aromatic amines is 1. The monoisotopic (exact) mass is 257 g/mol. The molecular formula is C16H21N2O+. The van der Waals surface area contributed by atoms with Crippen LogP contribution >= 0.6 is 0 Å². The number of morpholine rings is 1. The van der Waals surface area contributed by atoms with Crippen molar-refractivity contribution in [2.75, 3.05) is 18.0 Å². The van der Waals surface area contributed by atoms with Crippen LogP contribution in [-0.4, -0.2) is 25.3 Å². The molecule has 2 atom stereocenters. The number of para-hydroxylation sites is 1. The standard InChI is InChI=1S/C16H20N2O/c1-11-8-16(17-15-7-5-4-6-14(11)15)18-9-12(2)19-13(3)10-18/h4-8,12-13H,9-10H2,1-3H3/p+1/t12-,13-/m0/s1. The first-order valence-electron chi connectivity index (χ1n) is 6.95. The maximum absolute atomic E-state index is 5.80. The van der Waals surface area contributed by atoms with Gasteiger partial charge in [-0.2, -0.15) is 0 Å². The number of hydrogen-bond donors (Lipinski definition) is 0. The van der Waals surface area contributed by atoms with Gasteiger partial charge in [0.05, 0.1) is 12.2 Å². The van der Waals surface area contributed by atoms with Crippen molar-refractivity contribution in [3.63, 3.8) is 0 Å². The molecule has 1 aromatic heterocycles. The highest BCUT2D eigenvalue weighted by atomic mass is 16.5. The minimum absolute atomic E-state index is 0.281. The molecule has 0 unspecified atom stereocenters. The van der Waals surface area contributed by atoms with E-state index in [0.717, 1.165) is 13.1 Å². The number of fused-ring (bicyclic) bond motifs is 1. The number of ether oxygens (including phenoxy) is 1. The molecule has 0 bridgehead atoms. The first-order valence-corrected chi connectivity index (χ1v) is 6.95. The second-order valence-electron chi connectivity index (χ2n) is 5.55. The summed E-state index contributed by atoms with van der Waals surface area (Å²) in [5, 5.41) is 1.29. The van der Waals surface area contributed by atoms with Crippen molar-refractivity contribution >= 4 is 16.7 Å². The minimum atomic E-state index is 0.281. The van der Waals surface area contributed by atoms with Gasteiger partial charge in [0.2, 0.25) is 0 Å². The number of rotatable bonds is 1. The zero-order valence-electron chi connectivity index (χ0n) is 11.8. The molecule has 19 heavy (non-hydrogen) atoms. The number of benzene rings is 1. The Morgan fingerprint density at radius 3 is 2.58 bits per heavy atom. The summed E-state index contributed by atoms with van der Waals surface area (Å²) in [6.45, 7) is 8.33. The summed E-state index contributed by atoms with van der Waals surface area (Å²) in [5.41, 5.74) is 2.51. The van der Waals surface area contributed by atoms with Crippen molar-refractivity contribution < 1.29 is 9.72 Å². The van der Waals surface area contributed by atoms with Crippen LogP contribution in [0.15, 0.2) is 30.3 Å². The zero-order chi connectivity index (χ0) is 13.4. The van der Waals surface area contributed by atoms with E-state index in [-0.39, 0.29) is 12.2 Å². The number of H-pyrrole nitrogens is 1. The maximum Gasteiger partial charge on any atom is 0.275 e. The molecule has 0 spiro atoms. The van der Waals surface area contributed by atoms with E-state index in [1.807, 2.05) is 0 Å². The topological polar surface area (TPSA) is 26.6 Å². The van der Waals surface area contributed by atoms with Crippen molar-refractivity contribution in [1.29, 1.82) is 0 Å². The van der Waals surface area contributed by atoms with Crippen molar-refractivity contribution in [1.82, 2.24) is 0 Å². The quantitative estimate of drug-likeness (QED) is 0.785. The fourth-order valence-electron chi connectivity index (χ4n) is 2.94. The van der Waals surface area contributed by atoms with E-state index in [1.165, 1.54) is 22.3 Å². The van der Waals surface area contributed by atoms with Gasteiger partial charge in [0, 0.05) is 11.5 Å². The Balaban J connectivity index is 2.00. The lowest BCUT2D eigenvalue weighted by molar-refractivity contribution is -0.331. The van der Waals surface area contributed by atoms with Crippen molar-refractivity contribution in [2.45, 2.75) is 33.0 Å². The Morgan fingerprint density at radius 1 is 1.16 bits per heavy atom. The van der Waals surface area contributed by atoms with Gasteiger partial charge in [-0.15, -0.1) is 0 Å². The summed E-state index contributed by atoms with van der Waals surface area (Å²) in [6.07, 6.45) is 0.563. The number of pyridine rings is 1. The van der Waals surface area contributed by atoms with Crippen LogP contribution in [0.4, 0.5) is 5.82 Å². The molecule has 0 saturated carbocycles. The average molecular weight is 257 g/mol. The van der Waals surface area contributed by atoms with Crippen molar-refractivity contribution in [3.8, 4) is 0 Å². The molecule has 1 aliphatic rings. The van der Waals surface area contributed by atoms with E-state index in [2.05, 4.69) is 61.0 Å². The molecule has 100 valence electrons. The van der Waals surface area contributed by atoms with Gasteiger partial charge in [-0.05, 0) is 32.4 Å². The summed E-state index contributed by atoms with van der Waals surface area (Å²) in [5.74, 6) is 1.19. The van der Waals surface area contributed by atoms with Crippen LogP contribution in [-0.2, 0) is 4.74 Å². The lowest BCUT2D eigenvalue weighted by Crippen LogP contribution is -2.47. The first-order chi connectivity index (χ1) is 9.13. The smallest absolute Gasteiger partial charge is 0.275 e. The Bertz CT molecular complexity index is 586. The predicted octanol–water partition coefficient (Wildman–Crippen LogP) is 2.58. The number of hydrogen-bond acceptors (Lipinski definition) is 2. The average Bonchev–Trinajstić information content (AvgIpc) is 2.37. The summed E-state index contributed by atoms with van der Waals surface area (Å²) in [4.78, 5) is 5.94. The number of anilines is 1. The number of aryl methyl sites for hydroxylation is 1. The molecule has 1 aromatic carbocycles. The van der Waals surface area contributed by atoms with Crippen molar-refractivity contribution in [2.24, 2.45) is 0 Å². The van der Waals surface area contributed by atoms with E-state index in [9.17, 15) is 0 Å². The van der Waals surface area contributed by atoms with E-state index in [0.29, 0.717) is 0 Å². The Kier molecular flexibility index (Phi) is 3.15. The van der Waals surface area contributed by atoms with Gasteiger partial charge in [-0.3, -0.25) is 4.90 Å². The van der Waals surface area contributed by atoms with E-state index < -0.39 is 0 Å². The van der Waals surface area contributed by atoms with Crippen LogP contribution in [0.1, 0.15) is 19.4 Å². The summed E-state index contributed by atoms with van der Waals surface area (Å²) in [6, 6.07) is 10.7. The van der Waals surface area contributed by atoms with E-state index in [1.54, 1.807) is 0 Å². The van der Waals surface area contributed by atoms with Gasteiger partial charge >= 0.3 is 0 Å². The molecule has 0 amide bonds. The van der Waals surface area contributed by atoms with E-state index >= 15 is 0 Å². The van der Waals surface area contributed by atoms with Gasteiger partial charge < -0.3 is 4.74 Å². The van der Waals surface area contributed by atoms with Crippen LogP contribution in [0.3, 0.4) is 0 Å². The molecule has 3 heteroatoms. The largest absolute Gasteiger partial charge is 0.367 e. The van der Waals surface area contributed by atoms with Gasteiger partial charge in [0.1, 0.15) is 18.6 Å². The summed E-state index contributed by atoms with van der Waals surface area (Å²) >= 11 is 0. The fraction of sp³-hybridized carbons (Fsp3) is 0.438. The fourth-order valence-corrected chi connectivity index (χ4v) is 2.94. The van der Waals surface area contributed by atoms with Gasteiger partial charge in [-0.25, -0.2) is 4.98 Å². The summed E-state index contributed by atoms with van der Waals surface area (Å²) < 4.78 is 5.80. The lowest BCUT2D eigenvalue weighted by Gasteiger charge is -2.31. The van der Waals surface area contributed by atoms with Gasteiger partial charge in [0.25, 0.3) is 5.82 Å². The molecule has 1 N–H and O–H groups in total. The highest BCUT2D eigenvalue weighted by molar-refractivity contribution is 5.80. The highest BCUT2D eigenvalue weighted by Crippen LogP contribution is 2.21. The molecule has 1 aliphatic heterocycles. The first kappa shape index (κ1) is 12.4. The third kappa shape index (κ3) is 2.43. The van der Waals surface area contributed by atoms with E-state index in [4.69, 9.17) is 4.74 Å². The third-order valence-electron chi connectivity index (χ3n) is 3.73. The summed E-state index contributed by atoms with van der Waals surface area (Å²) in [7, 11) is 0. The number of aromatic nitrogens is 1. The lowest BCUT2D eigenvalue weighted by atomic mass is 10.1. The van der Waals surface area contributed by atoms with Crippen LogP contribution in [0.25, 0.3) is 10.9 Å². The van der Waals surface area contributed by atoms with Gasteiger partial charge in [-0.1, -0.05) is 18.2 Å². The van der Waals surface area contributed by atoms with Crippen LogP contribution in [0, 0.1) is 6.92 Å². The normalized spacial score (nSPS) is 23.8. The number of nitrogens with zero attached hydrogens (tertiary/aromatic N) is 1. The van der Waals surface area contributed by atoms with Crippen LogP contribution < -0.4 is 9.88 Å². The van der Waals surface area contributed by atoms with Crippen LogP contribution in [0.5, 0.6) is 0 Å². The molecule has 0 aliphatic carbocycles. The molecule has 3 nitrogen and oxygen atoms in total. The maximum atomic E-state index is 5.80. The molecule has 1 fully saturated rings. The third-order valence-corrected chi connectivity index (χ3v) is 3.73. The zero-order valence-corrected chi connectivity index (χ0v) is 11.8. The van der Waals surface area contributed by atoms with Crippen molar-refractivity contribution in [3.05, 3.63) is 35.9 Å². The Morgan fingerprint density at radius 2 is 1.84 bits per heavy atom. The second-order valence-corrected chi connectivity index (χ2v) is 5.55. The Hall–Kier alpha value is -1.61. The highest BCUT2D eigenvalue weighted by Gasteiger charge is 2.28. The molecule has 3 rings (SSSR count). The molecule has 1 saturated heterocycles. The molecular weight excluding hydrogens is 236 g/mol. The molecule has 2 heterocycles. The number of nitrogens with one attached hydrogen (secondary N) is 1. The van der Waals surface area contributed by atoms with Gasteiger partial charge in [0.15, 0.2) is 0 Å².